The van der Waals surface area contributed by atoms with Crippen LogP contribution in [0.5, 0.6) is 0 Å². The minimum absolute atomic E-state index is 0.0530. The summed E-state index contributed by atoms with van der Waals surface area (Å²) in [4.78, 5) is 24.9. The van der Waals surface area contributed by atoms with Crippen molar-refractivity contribution in [2.45, 2.75) is 11.3 Å². The van der Waals surface area contributed by atoms with Gasteiger partial charge in [-0.3, -0.25) is 9.52 Å². The Morgan fingerprint density at radius 2 is 1.71 bits per heavy atom. The number of benzene rings is 3. The maximum absolute atomic E-state index is 12.7. The zero-order valence-corrected chi connectivity index (χ0v) is 17.1. The first-order valence-electron chi connectivity index (χ1n) is 9.42. The van der Waals surface area contributed by atoms with Crippen LogP contribution in [0.4, 0.5) is 17.1 Å². The smallest absolute Gasteiger partial charge is 0.337 e. The lowest BCUT2D eigenvalue weighted by Crippen LogP contribution is -2.18. The van der Waals surface area contributed by atoms with Gasteiger partial charge >= 0.3 is 5.97 Å². The fourth-order valence-electron chi connectivity index (χ4n) is 3.57. The van der Waals surface area contributed by atoms with Crippen molar-refractivity contribution >= 4 is 39.0 Å². The second-order valence-electron chi connectivity index (χ2n) is 7.06. The number of carbonyl (C=O) groups is 2. The number of hydrogen-bond acceptors (Lipinski definition) is 5. The van der Waals surface area contributed by atoms with Crippen molar-refractivity contribution in [3.05, 3.63) is 83.4 Å². The summed E-state index contributed by atoms with van der Waals surface area (Å²) in [6.07, 6.45) is 0.842. The van der Waals surface area contributed by atoms with E-state index in [1.807, 2.05) is 29.2 Å². The number of nitrogens with one attached hydrogen (secondary N) is 1. The standard InChI is InChI=1S/C22H19N3O5S/c23-21(26)15-5-8-17(9-6-15)31(29,30)24-19-10-7-16(13-18(19)22(27)28)25-12-11-14-3-1-2-4-20(14)25/h1-10,13,24H,11-12H2,(H2,23,26)(H,27,28). The van der Waals surface area contributed by atoms with Crippen molar-refractivity contribution in [2.24, 2.45) is 5.73 Å². The fourth-order valence-corrected chi connectivity index (χ4v) is 4.65. The van der Waals surface area contributed by atoms with Gasteiger partial charge in [0.25, 0.3) is 10.0 Å². The summed E-state index contributed by atoms with van der Waals surface area (Å²) in [5, 5.41) is 9.69. The van der Waals surface area contributed by atoms with Crippen LogP contribution in [-0.4, -0.2) is 31.9 Å². The number of para-hydroxylation sites is 1. The third-order valence-corrected chi connectivity index (χ3v) is 6.51. The Labute approximate surface area is 179 Å². The molecule has 0 radical (unpaired) electrons. The molecular weight excluding hydrogens is 418 g/mol. The molecule has 8 nitrogen and oxygen atoms in total. The highest BCUT2D eigenvalue weighted by Gasteiger charge is 2.23. The largest absolute Gasteiger partial charge is 0.478 e. The predicted octanol–water partition coefficient (Wildman–Crippen LogP) is 2.98. The van der Waals surface area contributed by atoms with E-state index in [1.54, 1.807) is 6.07 Å². The molecule has 31 heavy (non-hydrogen) atoms. The third-order valence-electron chi connectivity index (χ3n) is 5.13. The molecule has 9 heteroatoms. The molecule has 3 aromatic rings. The fraction of sp³-hybridized carbons (Fsp3) is 0.0909. The third kappa shape index (κ3) is 3.95. The SMILES string of the molecule is NC(=O)c1ccc(S(=O)(=O)Nc2ccc(N3CCc4ccccc43)cc2C(=O)O)cc1. The zero-order valence-electron chi connectivity index (χ0n) is 16.3. The molecule has 0 aromatic heterocycles. The maximum atomic E-state index is 12.7. The summed E-state index contributed by atoms with van der Waals surface area (Å²) in [5.74, 6) is -1.93. The minimum Gasteiger partial charge on any atom is -0.478 e. The Balaban J connectivity index is 1.66. The summed E-state index contributed by atoms with van der Waals surface area (Å²) < 4.78 is 27.8. The Kier molecular flexibility index (Phi) is 5.12. The molecule has 0 saturated carbocycles. The molecule has 0 spiro atoms. The summed E-state index contributed by atoms with van der Waals surface area (Å²) >= 11 is 0. The van der Waals surface area contributed by atoms with Gasteiger partial charge in [-0.1, -0.05) is 18.2 Å². The number of carbonyl (C=O) groups excluding carboxylic acids is 1. The normalized spacial score (nSPS) is 13.0. The van der Waals surface area contributed by atoms with Crippen molar-refractivity contribution in [2.75, 3.05) is 16.2 Å². The number of nitrogens with zero attached hydrogens (tertiary/aromatic N) is 1. The number of carboxylic acids is 1. The van der Waals surface area contributed by atoms with Crippen LogP contribution in [0, 0.1) is 0 Å². The number of anilines is 3. The number of fused-ring (bicyclic) bond motifs is 1. The molecule has 0 saturated heterocycles. The first-order valence-corrected chi connectivity index (χ1v) is 10.9. The van der Waals surface area contributed by atoms with E-state index in [1.165, 1.54) is 42.0 Å². The molecule has 1 heterocycles. The second kappa shape index (κ2) is 7.77. The molecule has 0 fully saturated rings. The lowest BCUT2D eigenvalue weighted by Gasteiger charge is -2.21. The number of carboxylic acid groups (broad SMARTS) is 1. The van der Waals surface area contributed by atoms with E-state index in [2.05, 4.69) is 4.72 Å². The summed E-state index contributed by atoms with van der Waals surface area (Å²) in [6, 6.07) is 17.5. The molecular formula is C22H19N3O5S. The van der Waals surface area contributed by atoms with E-state index in [0.29, 0.717) is 12.2 Å². The van der Waals surface area contributed by atoms with Crippen LogP contribution in [0.1, 0.15) is 26.3 Å². The summed E-state index contributed by atoms with van der Waals surface area (Å²) in [7, 11) is -4.07. The molecule has 0 unspecified atom stereocenters. The molecule has 4 N–H and O–H groups in total. The lowest BCUT2D eigenvalue weighted by atomic mass is 10.1. The Hall–Kier alpha value is -3.85. The van der Waals surface area contributed by atoms with Crippen LogP contribution in [0.2, 0.25) is 0 Å². The van der Waals surface area contributed by atoms with Gasteiger partial charge in [-0.05, 0) is 60.5 Å². The average Bonchev–Trinajstić information content (AvgIpc) is 3.18. The molecule has 1 aliphatic heterocycles. The van der Waals surface area contributed by atoms with Crippen molar-refractivity contribution in [1.29, 1.82) is 0 Å². The maximum Gasteiger partial charge on any atom is 0.337 e. The van der Waals surface area contributed by atoms with Crippen molar-refractivity contribution < 1.29 is 23.1 Å². The van der Waals surface area contributed by atoms with Crippen LogP contribution in [0.15, 0.2) is 71.6 Å². The first-order chi connectivity index (χ1) is 14.8. The number of hydrogen-bond donors (Lipinski definition) is 3. The average molecular weight is 437 g/mol. The number of nitrogens with two attached hydrogens (primary N) is 1. The van der Waals surface area contributed by atoms with E-state index in [4.69, 9.17) is 5.73 Å². The molecule has 4 rings (SSSR count). The van der Waals surface area contributed by atoms with Crippen LogP contribution in [-0.2, 0) is 16.4 Å². The van der Waals surface area contributed by atoms with Crippen molar-refractivity contribution in [3.63, 3.8) is 0 Å². The van der Waals surface area contributed by atoms with Gasteiger partial charge in [-0.25, -0.2) is 13.2 Å². The topological polar surface area (TPSA) is 130 Å². The quantitative estimate of drug-likeness (QED) is 0.544. The molecule has 3 aromatic carbocycles. The first kappa shape index (κ1) is 20.4. The number of primary amides is 1. The zero-order chi connectivity index (χ0) is 22.2. The minimum atomic E-state index is -4.07. The molecule has 0 atom stereocenters. The van der Waals surface area contributed by atoms with Crippen LogP contribution >= 0.6 is 0 Å². The van der Waals surface area contributed by atoms with E-state index in [-0.39, 0.29) is 21.7 Å². The van der Waals surface area contributed by atoms with Crippen molar-refractivity contribution in [1.82, 2.24) is 0 Å². The summed E-state index contributed by atoms with van der Waals surface area (Å²) in [5.41, 5.74) is 7.95. The monoisotopic (exact) mass is 437 g/mol. The van der Waals surface area contributed by atoms with Gasteiger partial charge in [-0.15, -0.1) is 0 Å². The van der Waals surface area contributed by atoms with Gasteiger partial charge in [-0.2, -0.15) is 0 Å². The van der Waals surface area contributed by atoms with Gasteiger partial charge in [0.05, 0.1) is 16.1 Å². The number of amides is 1. The Morgan fingerprint density at radius 3 is 2.39 bits per heavy atom. The molecule has 158 valence electrons. The van der Waals surface area contributed by atoms with Gasteiger partial charge in [0.1, 0.15) is 0 Å². The van der Waals surface area contributed by atoms with Gasteiger partial charge < -0.3 is 15.7 Å². The highest BCUT2D eigenvalue weighted by atomic mass is 32.2. The number of sulfonamides is 1. The van der Waals surface area contributed by atoms with Gasteiger partial charge in [0, 0.05) is 23.5 Å². The molecule has 0 aliphatic carbocycles. The van der Waals surface area contributed by atoms with Crippen LogP contribution in [0.3, 0.4) is 0 Å². The van der Waals surface area contributed by atoms with Crippen molar-refractivity contribution in [3.8, 4) is 0 Å². The van der Waals surface area contributed by atoms with E-state index in [0.717, 1.165) is 12.1 Å². The lowest BCUT2D eigenvalue weighted by molar-refractivity contribution is 0.0698. The van der Waals surface area contributed by atoms with Gasteiger partial charge in [0.15, 0.2) is 0 Å². The molecule has 0 bridgehead atoms. The predicted molar refractivity (Wildman–Crippen MR) is 116 cm³/mol. The highest BCUT2D eigenvalue weighted by Crippen LogP contribution is 2.36. The van der Waals surface area contributed by atoms with E-state index in [9.17, 15) is 23.1 Å². The van der Waals surface area contributed by atoms with Crippen LogP contribution < -0.4 is 15.4 Å². The summed E-state index contributed by atoms with van der Waals surface area (Å²) in [6.45, 7) is 0.704. The van der Waals surface area contributed by atoms with Crippen LogP contribution in [0.25, 0.3) is 0 Å². The Bertz CT molecular complexity index is 1290. The number of aromatic carboxylic acids is 1. The van der Waals surface area contributed by atoms with E-state index >= 15 is 0 Å². The second-order valence-corrected chi connectivity index (χ2v) is 8.74. The van der Waals surface area contributed by atoms with E-state index < -0.39 is 21.9 Å². The number of rotatable bonds is 6. The highest BCUT2D eigenvalue weighted by molar-refractivity contribution is 7.92. The molecule has 1 amide bonds. The molecule has 1 aliphatic rings. The Morgan fingerprint density at radius 1 is 1.00 bits per heavy atom. The van der Waals surface area contributed by atoms with Gasteiger partial charge in [0.2, 0.25) is 5.91 Å².